The molecule has 0 saturated carbocycles. The maximum atomic E-state index is 12.6. The third-order valence-corrected chi connectivity index (χ3v) is 5.02. The van der Waals surface area contributed by atoms with Crippen LogP contribution in [-0.2, 0) is 13.6 Å². The first-order valence-electron chi connectivity index (χ1n) is 9.97. The summed E-state index contributed by atoms with van der Waals surface area (Å²) in [6, 6.07) is 15.1. The Morgan fingerprint density at radius 3 is 2.29 bits per heavy atom. The van der Waals surface area contributed by atoms with E-state index in [1.165, 1.54) is 15.6 Å². The SMILES string of the molecule is Cn1ccc(C(=O)Nc2cccc(NC(=O)c3ccc(Cn4cc(Cl)c([N+](=O)[O-])n4)cc3)c2)n1. The fourth-order valence-electron chi connectivity index (χ4n) is 3.15. The molecule has 0 fully saturated rings. The second-order valence-electron chi connectivity index (χ2n) is 7.32. The maximum Gasteiger partial charge on any atom is 0.408 e. The van der Waals surface area contributed by atoms with Gasteiger partial charge in [-0.25, -0.2) is 0 Å². The Morgan fingerprint density at radius 2 is 1.71 bits per heavy atom. The lowest BCUT2D eigenvalue weighted by Gasteiger charge is -2.09. The van der Waals surface area contributed by atoms with E-state index in [1.54, 1.807) is 67.8 Å². The molecule has 0 unspecified atom stereocenters. The third kappa shape index (κ3) is 5.27. The van der Waals surface area contributed by atoms with Crippen LogP contribution >= 0.6 is 11.6 Å². The molecular weight excluding hydrogens is 462 g/mol. The second-order valence-corrected chi connectivity index (χ2v) is 7.72. The van der Waals surface area contributed by atoms with E-state index in [2.05, 4.69) is 20.8 Å². The highest BCUT2D eigenvalue weighted by Crippen LogP contribution is 2.22. The molecule has 4 rings (SSSR count). The van der Waals surface area contributed by atoms with Gasteiger partial charge in [-0.15, -0.1) is 0 Å². The lowest BCUT2D eigenvalue weighted by Crippen LogP contribution is -2.14. The Hall–Kier alpha value is -4.51. The topological polar surface area (TPSA) is 137 Å². The van der Waals surface area contributed by atoms with E-state index in [-0.39, 0.29) is 29.1 Å². The maximum absolute atomic E-state index is 12.6. The first-order valence-corrected chi connectivity index (χ1v) is 10.3. The van der Waals surface area contributed by atoms with Crippen LogP contribution in [0.3, 0.4) is 0 Å². The number of aryl methyl sites for hydroxylation is 1. The van der Waals surface area contributed by atoms with Gasteiger partial charge in [-0.3, -0.25) is 14.3 Å². The number of rotatable bonds is 7. The molecule has 2 aromatic heterocycles. The summed E-state index contributed by atoms with van der Waals surface area (Å²) in [5.41, 5.74) is 2.49. The van der Waals surface area contributed by atoms with Crippen molar-refractivity contribution >= 4 is 40.6 Å². The smallest absolute Gasteiger partial charge is 0.358 e. The first kappa shape index (κ1) is 22.7. The molecule has 12 heteroatoms. The van der Waals surface area contributed by atoms with Crippen molar-refractivity contribution in [2.75, 3.05) is 10.6 Å². The number of carbonyl (C=O) groups is 2. The molecule has 2 aromatic carbocycles. The van der Waals surface area contributed by atoms with Crippen molar-refractivity contribution in [2.45, 2.75) is 6.54 Å². The average molecular weight is 480 g/mol. The molecule has 4 aromatic rings. The van der Waals surface area contributed by atoms with Crippen molar-refractivity contribution < 1.29 is 14.5 Å². The standard InChI is InChI=1S/C22H18ClN7O4/c1-28-10-9-19(26-28)22(32)25-17-4-2-3-16(11-17)24-21(31)15-7-5-14(6-8-15)12-29-13-18(23)20(27-29)30(33)34/h2-11,13H,12H2,1H3,(H,24,31)(H,25,32). The van der Waals surface area contributed by atoms with Crippen molar-refractivity contribution in [3.8, 4) is 0 Å². The number of amides is 2. The van der Waals surface area contributed by atoms with Gasteiger partial charge >= 0.3 is 5.82 Å². The zero-order valence-corrected chi connectivity index (χ0v) is 18.6. The van der Waals surface area contributed by atoms with E-state index in [0.29, 0.717) is 16.9 Å². The van der Waals surface area contributed by atoms with Crippen molar-refractivity contribution in [2.24, 2.45) is 7.05 Å². The van der Waals surface area contributed by atoms with E-state index in [1.807, 2.05) is 0 Å². The minimum absolute atomic E-state index is 0.0422. The number of nitrogens with one attached hydrogen (secondary N) is 2. The zero-order valence-electron chi connectivity index (χ0n) is 17.8. The quantitative estimate of drug-likeness (QED) is 0.306. The van der Waals surface area contributed by atoms with E-state index in [9.17, 15) is 19.7 Å². The van der Waals surface area contributed by atoms with Gasteiger partial charge in [0.1, 0.15) is 0 Å². The lowest BCUT2D eigenvalue weighted by molar-refractivity contribution is -0.389. The van der Waals surface area contributed by atoms with Gasteiger partial charge in [0.05, 0.1) is 17.8 Å². The number of carbonyl (C=O) groups excluding carboxylic acids is 2. The van der Waals surface area contributed by atoms with Gasteiger partial charge in [0.25, 0.3) is 11.8 Å². The summed E-state index contributed by atoms with van der Waals surface area (Å²) in [7, 11) is 1.72. The minimum Gasteiger partial charge on any atom is -0.358 e. The zero-order chi connectivity index (χ0) is 24.2. The summed E-state index contributed by atoms with van der Waals surface area (Å²) in [4.78, 5) is 35.1. The molecule has 0 aliphatic heterocycles. The van der Waals surface area contributed by atoms with Crippen LogP contribution in [0.25, 0.3) is 0 Å². The Kier molecular flexibility index (Phi) is 6.37. The summed E-state index contributed by atoms with van der Waals surface area (Å²) < 4.78 is 2.89. The van der Waals surface area contributed by atoms with Crippen LogP contribution < -0.4 is 10.6 Å². The van der Waals surface area contributed by atoms with Crippen LogP contribution in [0.2, 0.25) is 5.02 Å². The monoisotopic (exact) mass is 479 g/mol. The van der Waals surface area contributed by atoms with Gasteiger partial charge in [-0.05, 0) is 46.9 Å². The number of nitro groups is 1. The van der Waals surface area contributed by atoms with E-state index in [4.69, 9.17) is 11.6 Å². The summed E-state index contributed by atoms with van der Waals surface area (Å²) in [6.07, 6.45) is 3.05. The average Bonchev–Trinajstić information content (AvgIpc) is 3.40. The molecule has 172 valence electrons. The van der Waals surface area contributed by atoms with Gasteiger partial charge < -0.3 is 20.7 Å². The largest absolute Gasteiger partial charge is 0.408 e. The fourth-order valence-corrected chi connectivity index (χ4v) is 3.37. The predicted molar refractivity (Wildman–Crippen MR) is 125 cm³/mol. The molecule has 0 aliphatic carbocycles. The first-order chi connectivity index (χ1) is 16.3. The van der Waals surface area contributed by atoms with E-state index >= 15 is 0 Å². The molecule has 34 heavy (non-hydrogen) atoms. The van der Waals surface area contributed by atoms with Gasteiger partial charge in [0, 0.05) is 30.2 Å². The van der Waals surface area contributed by atoms with Crippen molar-refractivity contribution in [3.05, 3.63) is 98.9 Å². The highest BCUT2D eigenvalue weighted by molar-refractivity contribution is 6.32. The number of benzene rings is 2. The Balaban J connectivity index is 1.39. The van der Waals surface area contributed by atoms with Gasteiger partial charge in [-0.1, -0.05) is 29.8 Å². The molecule has 0 saturated heterocycles. The van der Waals surface area contributed by atoms with Crippen LogP contribution in [0.15, 0.2) is 67.0 Å². The lowest BCUT2D eigenvalue weighted by atomic mass is 10.1. The summed E-state index contributed by atoms with van der Waals surface area (Å²) in [6.45, 7) is 0.257. The molecular formula is C22H18ClN7O4. The summed E-state index contributed by atoms with van der Waals surface area (Å²) in [5, 5.41) is 24.3. The minimum atomic E-state index is -0.648. The number of anilines is 2. The molecule has 0 atom stereocenters. The second kappa shape index (κ2) is 9.55. The van der Waals surface area contributed by atoms with Crippen LogP contribution in [0, 0.1) is 10.1 Å². The van der Waals surface area contributed by atoms with Crippen LogP contribution in [0.5, 0.6) is 0 Å². The van der Waals surface area contributed by atoms with E-state index in [0.717, 1.165) is 5.56 Å². The van der Waals surface area contributed by atoms with Crippen molar-refractivity contribution in [1.29, 1.82) is 0 Å². The number of hydrogen-bond donors (Lipinski definition) is 2. The van der Waals surface area contributed by atoms with Crippen molar-refractivity contribution in [3.63, 3.8) is 0 Å². The molecule has 0 spiro atoms. The van der Waals surface area contributed by atoms with E-state index < -0.39 is 10.7 Å². The molecule has 2 heterocycles. The molecule has 0 radical (unpaired) electrons. The van der Waals surface area contributed by atoms with Gasteiger partial charge in [-0.2, -0.15) is 9.78 Å². The highest BCUT2D eigenvalue weighted by Gasteiger charge is 2.19. The van der Waals surface area contributed by atoms with Gasteiger partial charge in [0.15, 0.2) is 10.7 Å². The van der Waals surface area contributed by atoms with Crippen molar-refractivity contribution in [1.82, 2.24) is 19.6 Å². The Bertz CT molecular complexity index is 1380. The Labute approximate surface area is 198 Å². The molecule has 0 aliphatic rings. The number of halogens is 1. The summed E-state index contributed by atoms with van der Waals surface area (Å²) >= 11 is 5.82. The normalized spacial score (nSPS) is 10.6. The molecule has 0 bridgehead atoms. The number of hydrogen-bond acceptors (Lipinski definition) is 6. The molecule has 2 amide bonds. The third-order valence-electron chi connectivity index (χ3n) is 4.76. The van der Waals surface area contributed by atoms with Gasteiger partial charge in [0.2, 0.25) is 0 Å². The fraction of sp³-hybridized carbons (Fsp3) is 0.0909. The highest BCUT2D eigenvalue weighted by atomic mass is 35.5. The molecule has 11 nitrogen and oxygen atoms in total. The number of nitrogens with zero attached hydrogens (tertiary/aromatic N) is 5. The predicted octanol–water partition coefficient (Wildman–Crippen LogP) is 3.73. The summed E-state index contributed by atoms with van der Waals surface area (Å²) in [5.74, 6) is -1.10. The molecule has 2 N–H and O–H groups in total. The Morgan fingerprint density at radius 1 is 1.03 bits per heavy atom. The number of aromatic nitrogens is 4. The van der Waals surface area contributed by atoms with Crippen LogP contribution in [0.4, 0.5) is 17.2 Å². The van der Waals surface area contributed by atoms with Crippen LogP contribution in [-0.4, -0.2) is 36.3 Å². The van der Waals surface area contributed by atoms with Crippen LogP contribution in [0.1, 0.15) is 26.4 Å².